The summed E-state index contributed by atoms with van der Waals surface area (Å²) in [6, 6.07) is -0.385. The first-order valence-electron chi connectivity index (χ1n) is 4.59. The van der Waals surface area contributed by atoms with Crippen LogP contribution in [-0.4, -0.2) is 38.1 Å². The van der Waals surface area contributed by atoms with Gasteiger partial charge in [0, 0.05) is 32.7 Å². The summed E-state index contributed by atoms with van der Waals surface area (Å²) < 4.78 is 11.2. The molecule has 1 aliphatic heterocycles. The molecule has 2 nitrogen and oxygen atoms in total. The SMILES string of the molecule is [B][C@@H]1O[C@H](CO[PH](C)=[W])[C@@H](C)[C@@]1(C)Cl.[Y]. The Morgan fingerprint density at radius 2 is 2.20 bits per heavy atom. The van der Waals surface area contributed by atoms with Gasteiger partial charge in [0.05, 0.1) is 0 Å². The molecule has 5 atom stereocenters. The van der Waals surface area contributed by atoms with Crippen LogP contribution in [0.25, 0.3) is 0 Å². The molecule has 3 radical (unpaired) electrons. The molecule has 0 bridgehead atoms. The van der Waals surface area contributed by atoms with Crippen LogP contribution in [0.5, 0.6) is 0 Å². The van der Waals surface area contributed by atoms with Gasteiger partial charge in [-0.1, -0.05) is 0 Å². The third kappa shape index (κ3) is 4.59. The van der Waals surface area contributed by atoms with Gasteiger partial charge in [0.15, 0.2) is 0 Å². The van der Waals surface area contributed by atoms with Crippen LogP contribution in [0.15, 0.2) is 0 Å². The smallest absolute Gasteiger partial charge is 0 e. The summed E-state index contributed by atoms with van der Waals surface area (Å²) in [5.41, 5.74) is 0. The summed E-state index contributed by atoms with van der Waals surface area (Å²) in [5.74, 6) is -0.348. The molecule has 1 saturated heterocycles. The molecule has 1 aliphatic rings. The molecule has 1 heterocycles. The van der Waals surface area contributed by atoms with E-state index in [1.807, 2.05) is 6.92 Å². The van der Waals surface area contributed by atoms with Gasteiger partial charge in [0.1, 0.15) is 0 Å². The van der Waals surface area contributed by atoms with E-state index in [-0.39, 0.29) is 50.7 Å². The van der Waals surface area contributed by atoms with Gasteiger partial charge in [0.25, 0.3) is 0 Å². The number of hydrogen-bond acceptors (Lipinski definition) is 2. The monoisotopic (exact) mass is 493 g/mol. The normalized spacial score (nSPS) is 42.3. The number of halogens is 1. The Morgan fingerprint density at radius 3 is 2.53 bits per heavy atom. The van der Waals surface area contributed by atoms with Gasteiger partial charge < -0.3 is 0 Å². The maximum absolute atomic E-state index is 6.29. The first-order chi connectivity index (χ1) is 6.35. The molecule has 0 aliphatic carbocycles. The van der Waals surface area contributed by atoms with Crippen LogP contribution in [0, 0.1) is 5.92 Å². The third-order valence-electron chi connectivity index (χ3n) is 2.78. The molecule has 0 saturated carbocycles. The van der Waals surface area contributed by atoms with Gasteiger partial charge in [0.2, 0.25) is 0 Å². The van der Waals surface area contributed by atoms with E-state index < -0.39 is 10.7 Å². The molecule has 1 unspecified atom stereocenters. The fourth-order valence-electron chi connectivity index (χ4n) is 1.44. The molecular formula is C8H15BClO2PWY. The molecule has 0 spiro atoms. The van der Waals surface area contributed by atoms with Crippen molar-refractivity contribution in [3.63, 3.8) is 0 Å². The fourth-order valence-corrected chi connectivity index (χ4v) is 2.77. The van der Waals surface area contributed by atoms with Crippen LogP contribution in [0.1, 0.15) is 13.8 Å². The molecule has 7 heteroatoms. The van der Waals surface area contributed by atoms with Crippen molar-refractivity contribution >= 4 is 25.2 Å². The summed E-state index contributed by atoms with van der Waals surface area (Å²) in [7, 11) is 5.80. The Hall–Kier alpha value is 2.50. The van der Waals surface area contributed by atoms with Gasteiger partial charge in [-0.05, 0) is 0 Å². The van der Waals surface area contributed by atoms with Crippen molar-refractivity contribution in [3.8, 4) is 0 Å². The minimum Gasteiger partial charge on any atom is 0 e. The topological polar surface area (TPSA) is 18.5 Å². The Morgan fingerprint density at radius 1 is 1.67 bits per heavy atom. The van der Waals surface area contributed by atoms with E-state index in [0.717, 1.165) is 0 Å². The van der Waals surface area contributed by atoms with Crippen molar-refractivity contribution < 1.29 is 60.8 Å². The Kier molecular flexibility index (Phi) is 8.37. The molecule has 0 aromatic heterocycles. The maximum Gasteiger partial charge on any atom is 0 e. The van der Waals surface area contributed by atoms with Crippen LogP contribution in [0.3, 0.4) is 0 Å². The van der Waals surface area contributed by atoms with Crippen molar-refractivity contribution in [2.75, 3.05) is 13.3 Å². The molecule has 1 fully saturated rings. The average Bonchev–Trinajstić information content (AvgIpc) is 2.26. The second-order valence-corrected chi connectivity index (χ2v) is 12.1. The van der Waals surface area contributed by atoms with E-state index in [9.17, 15) is 0 Å². The summed E-state index contributed by atoms with van der Waals surface area (Å²) >= 11 is 7.81. The molecular weight excluding hydrogens is 478 g/mol. The minimum absolute atomic E-state index is 0. The molecule has 0 aromatic rings. The molecule has 0 aromatic carbocycles. The van der Waals surface area contributed by atoms with Crippen molar-refractivity contribution in [1.29, 1.82) is 0 Å². The van der Waals surface area contributed by atoms with Crippen molar-refractivity contribution in [3.05, 3.63) is 0 Å². The largest absolute Gasteiger partial charge is 0 e. The zero-order valence-electron chi connectivity index (χ0n) is 9.20. The Labute approximate surface area is 134 Å². The molecule has 1 rings (SSSR count). The quantitative estimate of drug-likeness (QED) is 0.339. The second-order valence-electron chi connectivity index (χ2n) is 3.84. The van der Waals surface area contributed by atoms with Crippen molar-refractivity contribution in [2.45, 2.75) is 30.8 Å². The van der Waals surface area contributed by atoms with Crippen LogP contribution >= 0.6 is 17.4 Å². The summed E-state index contributed by atoms with van der Waals surface area (Å²) in [5, 5.41) is 0. The molecule has 15 heavy (non-hydrogen) atoms. The Bertz CT molecular complexity index is 245. The fraction of sp³-hybridized carbons (Fsp3) is 1.00. The maximum atomic E-state index is 6.29. The Balaban J connectivity index is 0.00000196. The van der Waals surface area contributed by atoms with E-state index in [2.05, 4.69) is 13.6 Å². The standard InChI is InChI=1S/C8H15BClO2P.W.Y/c1-5-6(4-11-13-3)12-7(9)8(5,2)10;;/h5-7,13H,4H2,1-3H3;;/t5-,6-,7-,8-;;/m1../s1. The number of rotatable bonds is 3. The minimum atomic E-state index is -0.580. The third-order valence-corrected chi connectivity index (χ3v) is 5.18. The van der Waals surface area contributed by atoms with Crippen LogP contribution in [0.2, 0.25) is 0 Å². The van der Waals surface area contributed by atoms with Gasteiger partial charge in [-0.3, -0.25) is 0 Å². The van der Waals surface area contributed by atoms with E-state index in [0.29, 0.717) is 6.61 Å². The van der Waals surface area contributed by atoms with Crippen LogP contribution in [0.4, 0.5) is 0 Å². The van der Waals surface area contributed by atoms with Gasteiger partial charge in [-0.2, -0.15) is 0 Å². The second kappa shape index (κ2) is 7.18. The predicted molar refractivity (Wildman–Crippen MR) is 58.0 cm³/mol. The van der Waals surface area contributed by atoms with Crippen molar-refractivity contribution in [2.24, 2.45) is 5.92 Å². The van der Waals surface area contributed by atoms with E-state index >= 15 is 0 Å². The van der Waals surface area contributed by atoms with Gasteiger partial charge >= 0.3 is 103 Å². The molecule has 83 valence electrons. The van der Waals surface area contributed by atoms with Crippen molar-refractivity contribution in [1.82, 2.24) is 0 Å². The summed E-state index contributed by atoms with van der Waals surface area (Å²) in [6.45, 7) is 6.77. The first-order valence-corrected chi connectivity index (χ1v) is 11.2. The predicted octanol–water partition coefficient (Wildman–Crippen LogP) is 1.75. The average molecular weight is 493 g/mol. The molecule has 0 N–H and O–H groups in total. The van der Waals surface area contributed by atoms with E-state index in [1.165, 1.54) is 18.8 Å². The number of hydrogen-bond donors (Lipinski definition) is 0. The first kappa shape index (κ1) is 17.5. The summed E-state index contributed by atoms with van der Waals surface area (Å²) in [4.78, 5) is -0.463. The number of ether oxygens (including phenoxy) is 1. The van der Waals surface area contributed by atoms with E-state index in [4.69, 9.17) is 28.7 Å². The zero-order valence-corrected chi connectivity index (χ0v) is 16.7. The van der Waals surface area contributed by atoms with E-state index in [1.54, 1.807) is 0 Å². The van der Waals surface area contributed by atoms with Gasteiger partial charge in [-0.25, -0.2) is 0 Å². The van der Waals surface area contributed by atoms with Crippen LogP contribution < -0.4 is 0 Å². The van der Waals surface area contributed by atoms with Gasteiger partial charge in [-0.15, -0.1) is 0 Å². The summed E-state index contributed by atoms with van der Waals surface area (Å²) in [6.07, 6.45) is 0.0480. The van der Waals surface area contributed by atoms with Crippen LogP contribution in [-0.2, 0) is 60.8 Å². The number of alkyl halides is 1. The molecule has 0 amide bonds. The zero-order chi connectivity index (χ0) is 10.9.